The summed E-state index contributed by atoms with van der Waals surface area (Å²) in [6, 6.07) is 7.88. The van der Waals surface area contributed by atoms with Crippen LogP contribution in [0.2, 0.25) is 0 Å². The zero-order valence-corrected chi connectivity index (χ0v) is 18.4. The van der Waals surface area contributed by atoms with Gasteiger partial charge < -0.3 is 20.8 Å². The molecule has 31 heavy (non-hydrogen) atoms. The van der Waals surface area contributed by atoms with E-state index in [0.717, 1.165) is 48.5 Å². The quantitative estimate of drug-likeness (QED) is 0.621. The molecule has 3 heterocycles. The number of nitrogens with two attached hydrogens (primary N) is 1. The van der Waals surface area contributed by atoms with Crippen molar-refractivity contribution in [1.29, 1.82) is 0 Å². The van der Waals surface area contributed by atoms with E-state index in [0.29, 0.717) is 24.9 Å². The molecule has 2 aliphatic rings. The first-order valence-electron chi connectivity index (χ1n) is 10.5. The molecule has 2 saturated heterocycles. The van der Waals surface area contributed by atoms with Gasteiger partial charge in [0.2, 0.25) is 10.0 Å². The number of piperidine rings is 1. The summed E-state index contributed by atoms with van der Waals surface area (Å²) in [5.74, 6) is 2.00. The zero-order chi connectivity index (χ0) is 22.0. The normalized spacial score (nSPS) is 23.1. The second-order valence-electron chi connectivity index (χ2n) is 8.44. The summed E-state index contributed by atoms with van der Waals surface area (Å²) >= 11 is 0. The number of nitrogens with one attached hydrogen (secondary N) is 2. The van der Waals surface area contributed by atoms with E-state index in [1.165, 1.54) is 6.26 Å². The van der Waals surface area contributed by atoms with Crippen LogP contribution in [0.3, 0.4) is 0 Å². The smallest absolute Gasteiger partial charge is 0.404 e. The molecular formula is C21H29N5O4S. The van der Waals surface area contributed by atoms with Crippen LogP contribution < -0.4 is 11.1 Å². The third-order valence-corrected chi connectivity index (χ3v) is 7.67. The number of primary amides is 1. The minimum Gasteiger partial charge on any atom is -0.445 e. The minimum atomic E-state index is -3.08. The molecule has 9 nitrogen and oxygen atoms in total. The Morgan fingerprint density at radius 2 is 1.94 bits per heavy atom. The molecule has 2 atom stereocenters. The van der Waals surface area contributed by atoms with Crippen molar-refractivity contribution in [2.45, 2.75) is 31.9 Å². The highest BCUT2D eigenvalue weighted by molar-refractivity contribution is 7.88. The number of nitrogens with zero attached hydrogens (tertiary/aromatic N) is 2. The van der Waals surface area contributed by atoms with Crippen LogP contribution >= 0.6 is 0 Å². The average molecular weight is 448 g/mol. The monoisotopic (exact) mass is 447 g/mol. The van der Waals surface area contributed by atoms with Crippen molar-refractivity contribution in [3.8, 4) is 11.3 Å². The Balaban J connectivity index is 1.33. The zero-order valence-electron chi connectivity index (χ0n) is 17.6. The standard InChI is InChI=1S/C21H29N5O4S/c1-31(28,29)26-8-6-15(7-9-26)17-10-18(23-11-17)20-24-12-19(25-20)16-4-2-14(3-5-16)13-30-21(22)27/h2-5,12,15,17-18,23H,6-11,13H2,1H3,(H2,22,27)(H,24,25)/t17-,18-/m0/s1. The van der Waals surface area contributed by atoms with Gasteiger partial charge in [0.15, 0.2) is 0 Å². The summed E-state index contributed by atoms with van der Waals surface area (Å²) in [7, 11) is -3.08. The molecule has 2 fully saturated rings. The number of carbonyl (C=O) groups is 1. The van der Waals surface area contributed by atoms with Crippen LogP contribution in [-0.4, -0.2) is 54.7 Å². The maximum atomic E-state index is 11.7. The summed E-state index contributed by atoms with van der Waals surface area (Å²) in [5, 5.41) is 3.58. The van der Waals surface area contributed by atoms with Crippen molar-refractivity contribution in [1.82, 2.24) is 19.6 Å². The van der Waals surface area contributed by atoms with Crippen LogP contribution in [-0.2, 0) is 21.4 Å². The highest BCUT2D eigenvalue weighted by Gasteiger charge is 2.35. The largest absolute Gasteiger partial charge is 0.445 e. The fraction of sp³-hybridized carbons (Fsp3) is 0.524. The van der Waals surface area contributed by atoms with Gasteiger partial charge >= 0.3 is 6.09 Å². The number of imidazole rings is 1. The van der Waals surface area contributed by atoms with Gasteiger partial charge in [0.05, 0.1) is 24.2 Å². The maximum Gasteiger partial charge on any atom is 0.404 e. The molecule has 0 aliphatic carbocycles. The molecule has 168 valence electrons. The average Bonchev–Trinajstić information content (AvgIpc) is 3.42. The fourth-order valence-corrected chi connectivity index (χ4v) is 5.48. The van der Waals surface area contributed by atoms with E-state index in [-0.39, 0.29) is 12.6 Å². The van der Waals surface area contributed by atoms with E-state index in [1.54, 1.807) is 4.31 Å². The molecule has 4 N–H and O–H groups in total. The number of benzene rings is 1. The van der Waals surface area contributed by atoms with E-state index in [2.05, 4.69) is 15.3 Å². The molecule has 1 aromatic carbocycles. The van der Waals surface area contributed by atoms with Gasteiger partial charge in [0.1, 0.15) is 12.4 Å². The van der Waals surface area contributed by atoms with Crippen molar-refractivity contribution in [2.75, 3.05) is 25.9 Å². The lowest BCUT2D eigenvalue weighted by Gasteiger charge is -2.33. The van der Waals surface area contributed by atoms with Crippen LogP contribution in [0.1, 0.15) is 36.7 Å². The molecule has 0 bridgehead atoms. The van der Waals surface area contributed by atoms with Gasteiger partial charge in [0, 0.05) is 13.1 Å². The maximum absolute atomic E-state index is 11.7. The van der Waals surface area contributed by atoms with Crippen LogP contribution in [0.5, 0.6) is 0 Å². The third-order valence-electron chi connectivity index (χ3n) is 6.37. The number of sulfonamides is 1. The lowest BCUT2D eigenvalue weighted by molar-refractivity contribution is 0.150. The molecule has 1 amide bonds. The molecule has 0 unspecified atom stereocenters. The van der Waals surface area contributed by atoms with Gasteiger partial charge in [-0.1, -0.05) is 24.3 Å². The molecule has 0 radical (unpaired) electrons. The van der Waals surface area contributed by atoms with Crippen molar-refractivity contribution in [2.24, 2.45) is 17.6 Å². The topological polar surface area (TPSA) is 130 Å². The third kappa shape index (κ3) is 5.25. The number of hydrogen-bond donors (Lipinski definition) is 3. The highest BCUT2D eigenvalue weighted by atomic mass is 32.2. The van der Waals surface area contributed by atoms with E-state index >= 15 is 0 Å². The summed E-state index contributed by atoms with van der Waals surface area (Å²) < 4.78 is 29.8. The van der Waals surface area contributed by atoms with Gasteiger partial charge in [-0.05, 0) is 48.8 Å². The number of rotatable bonds is 6. The van der Waals surface area contributed by atoms with Crippen molar-refractivity contribution < 1.29 is 17.9 Å². The molecule has 1 aromatic heterocycles. The number of aromatic nitrogens is 2. The van der Waals surface area contributed by atoms with Crippen LogP contribution in [0.25, 0.3) is 11.3 Å². The van der Waals surface area contributed by atoms with E-state index in [4.69, 9.17) is 10.5 Å². The Morgan fingerprint density at radius 3 is 2.58 bits per heavy atom. The van der Waals surface area contributed by atoms with Crippen molar-refractivity contribution >= 4 is 16.1 Å². The summed E-state index contributed by atoms with van der Waals surface area (Å²) in [4.78, 5) is 18.7. The molecule has 2 aromatic rings. The summed E-state index contributed by atoms with van der Waals surface area (Å²) in [6.45, 7) is 2.32. The first-order chi connectivity index (χ1) is 14.8. The van der Waals surface area contributed by atoms with Gasteiger partial charge in [0.25, 0.3) is 0 Å². The number of hydrogen-bond acceptors (Lipinski definition) is 6. The van der Waals surface area contributed by atoms with E-state index in [9.17, 15) is 13.2 Å². The molecule has 4 rings (SSSR count). The lowest BCUT2D eigenvalue weighted by Crippen LogP contribution is -2.39. The van der Waals surface area contributed by atoms with Crippen LogP contribution in [0, 0.1) is 11.8 Å². The molecule has 10 heteroatoms. The Hall–Kier alpha value is -2.43. The minimum absolute atomic E-state index is 0.153. The molecule has 0 saturated carbocycles. The first-order valence-corrected chi connectivity index (χ1v) is 12.4. The first kappa shape index (κ1) is 21.8. The summed E-state index contributed by atoms with van der Waals surface area (Å²) in [6.07, 6.45) is 5.18. The van der Waals surface area contributed by atoms with E-state index in [1.807, 2.05) is 30.5 Å². The second-order valence-corrected chi connectivity index (χ2v) is 10.4. The summed E-state index contributed by atoms with van der Waals surface area (Å²) in [5.41, 5.74) is 7.80. The Kier molecular flexibility index (Phi) is 6.31. The molecular weight excluding hydrogens is 418 g/mol. The predicted molar refractivity (Wildman–Crippen MR) is 116 cm³/mol. The van der Waals surface area contributed by atoms with Crippen LogP contribution in [0.15, 0.2) is 30.5 Å². The number of aromatic amines is 1. The Labute approximate surface area is 182 Å². The van der Waals surface area contributed by atoms with E-state index < -0.39 is 16.1 Å². The second kappa shape index (κ2) is 8.97. The molecule has 0 spiro atoms. The predicted octanol–water partition coefficient (Wildman–Crippen LogP) is 1.99. The van der Waals surface area contributed by atoms with Crippen molar-refractivity contribution in [3.63, 3.8) is 0 Å². The van der Waals surface area contributed by atoms with Crippen LogP contribution in [0.4, 0.5) is 4.79 Å². The number of carbonyl (C=O) groups excluding carboxylic acids is 1. The Bertz CT molecular complexity index is 1010. The van der Waals surface area contributed by atoms with Gasteiger partial charge in [-0.25, -0.2) is 22.5 Å². The highest BCUT2D eigenvalue weighted by Crippen LogP contribution is 2.36. The lowest BCUT2D eigenvalue weighted by atomic mass is 9.83. The Morgan fingerprint density at radius 1 is 1.23 bits per heavy atom. The SMILES string of the molecule is CS(=O)(=O)N1CCC([C@@H]2CN[C@H](c3ncc(-c4ccc(COC(N)=O)cc4)[nH]3)C2)CC1. The van der Waals surface area contributed by atoms with Gasteiger partial charge in [-0.2, -0.15) is 0 Å². The molecule has 2 aliphatic heterocycles. The fourth-order valence-electron chi connectivity index (χ4n) is 4.60. The number of amides is 1. The van der Waals surface area contributed by atoms with Gasteiger partial charge in [-0.15, -0.1) is 0 Å². The number of H-pyrrole nitrogens is 1. The van der Waals surface area contributed by atoms with Crippen molar-refractivity contribution in [3.05, 3.63) is 41.9 Å². The van der Waals surface area contributed by atoms with Gasteiger partial charge in [-0.3, -0.25) is 0 Å². The number of ether oxygens (including phenoxy) is 1.